The molecule has 2 aliphatic rings. The average molecular weight is 900 g/mol. The van der Waals surface area contributed by atoms with E-state index in [4.69, 9.17) is 37.4 Å². The topological polar surface area (TPSA) is 139 Å². The van der Waals surface area contributed by atoms with Gasteiger partial charge in [-0.25, -0.2) is 9.59 Å². The van der Waals surface area contributed by atoms with Crippen molar-refractivity contribution in [2.45, 2.75) is 77.4 Å². The first-order valence-electron chi connectivity index (χ1n) is 21.2. The molecule has 0 unspecified atom stereocenters. The van der Waals surface area contributed by atoms with E-state index in [-0.39, 0.29) is 32.0 Å². The van der Waals surface area contributed by atoms with E-state index in [1.54, 1.807) is 18.3 Å². The number of aliphatic carboxylic acids is 1. The van der Waals surface area contributed by atoms with Crippen LogP contribution in [0.25, 0.3) is 11.1 Å². The van der Waals surface area contributed by atoms with Crippen LogP contribution in [-0.4, -0.2) is 51.6 Å². The largest absolute Gasteiger partial charge is 0.489 e. The Morgan fingerprint density at radius 1 is 0.859 bits per heavy atom. The van der Waals surface area contributed by atoms with Crippen molar-refractivity contribution < 1.29 is 33.7 Å². The van der Waals surface area contributed by atoms with Crippen LogP contribution in [0.3, 0.4) is 0 Å². The minimum Gasteiger partial charge on any atom is -0.489 e. The number of aryl methyl sites for hydroxylation is 1. The molecule has 3 N–H and O–H groups in total. The summed E-state index contributed by atoms with van der Waals surface area (Å²) in [5.41, 5.74) is 9.06. The summed E-state index contributed by atoms with van der Waals surface area (Å²) in [6.07, 6.45) is 2.14. The second-order valence-corrected chi connectivity index (χ2v) is 16.9. The lowest BCUT2D eigenvalue weighted by Gasteiger charge is -2.38. The first-order valence-corrected chi connectivity index (χ1v) is 22.0. The van der Waals surface area contributed by atoms with E-state index >= 15 is 0 Å². The predicted octanol–water partition coefficient (Wildman–Crippen LogP) is 10.2. The number of amides is 3. The third kappa shape index (κ3) is 9.96. The van der Waals surface area contributed by atoms with Crippen molar-refractivity contribution in [1.82, 2.24) is 20.5 Å². The Labute approximate surface area is 382 Å². The van der Waals surface area contributed by atoms with E-state index in [0.717, 1.165) is 55.8 Å². The molecule has 11 nitrogen and oxygen atoms in total. The first-order chi connectivity index (χ1) is 30.9. The smallest absolute Gasteiger partial charge is 0.326 e. The number of fused-ring (bicyclic) bond motifs is 2. The first kappa shape index (κ1) is 44.1. The molecule has 0 saturated carbocycles. The number of benzene rings is 5. The Morgan fingerprint density at radius 2 is 1.59 bits per heavy atom. The number of hydrogen-bond donors (Lipinski definition) is 3. The molecule has 4 atom stereocenters. The highest BCUT2D eigenvalue weighted by Gasteiger charge is 2.38. The van der Waals surface area contributed by atoms with Crippen LogP contribution in [0.4, 0.5) is 4.79 Å². The van der Waals surface area contributed by atoms with Crippen LogP contribution < -0.4 is 24.8 Å². The van der Waals surface area contributed by atoms with Crippen molar-refractivity contribution in [3.63, 3.8) is 0 Å². The summed E-state index contributed by atoms with van der Waals surface area (Å²) in [7, 11) is 0. The molecule has 6 aromatic rings. The number of carboxylic acids is 1. The Kier molecular flexibility index (Phi) is 13.4. The normalized spacial score (nSPS) is 16.2. The summed E-state index contributed by atoms with van der Waals surface area (Å²) in [6, 6.07) is 32.9. The quantitative estimate of drug-likeness (QED) is 0.104. The van der Waals surface area contributed by atoms with Crippen molar-refractivity contribution in [3.05, 3.63) is 176 Å². The van der Waals surface area contributed by atoms with E-state index in [1.165, 1.54) is 4.90 Å². The Morgan fingerprint density at radius 3 is 2.31 bits per heavy atom. The number of hydrogen-bond acceptors (Lipinski definition) is 7. The molecule has 0 fully saturated rings. The van der Waals surface area contributed by atoms with Crippen LogP contribution in [0.5, 0.6) is 17.2 Å². The van der Waals surface area contributed by atoms with Crippen molar-refractivity contribution in [1.29, 1.82) is 0 Å². The van der Waals surface area contributed by atoms with Gasteiger partial charge in [0, 0.05) is 31.3 Å². The van der Waals surface area contributed by atoms with Gasteiger partial charge >= 0.3 is 12.0 Å². The summed E-state index contributed by atoms with van der Waals surface area (Å²) in [4.78, 5) is 47.2. The zero-order chi connectivity index (χ0) is 44.9. The molecule has 64 heavy (non-hydrogen) atoms. The second-order valence-electron chi connectivity index (χ2n) is 16.1. The molecule has 2 aliphatic heterocycles. The van der Waals surface area contributed by atoms with E-state index in [2.05, 4.69) is 15.6 Å². The van der Waals surface area contributed by atoms with E-state index in [9.17, 15) is 19.5 Å². The zero-order valence-electron chi connectivity index (χ0n) is 35.6. The average Bonchev–Trinajstić information content (AvgIpc) is 3.31. The van der Waals surface area contributed by atoms with E-state index in [1.807, 2.05) is 124 Å². The summed E-state index contributed by atoms with van der Waals surface area (Å²) in [5, 5.41) is 17.2. The highest BCUT2D eigenvalue weighted by atomic mass is 35.5. The number of pyridine rings is 1. The lowest BCUT2D eigenvalue weighted by molar-refractivity contribution is -0.142. The zero-order valence-corrected chi connectivity index (χ0v) is 37.2. The number of carbonyl (C=O) groups is 3. The number of rotatable bonds is 13. The van der Waals surface area contributed by atoms with Gasteiger partial charge in [0.1, 0.15) is 31.0 Å². The maximum atomic E-state index is 14.3. The molecular weight excluding hydrogens is 851 g/mol. The van der Waals surface area contributed by atoms with Crippen LogP contribution in [0.2, 0.25) is 10.0 Å². The summed E-state index contributed by atoms with van der Waals surface area (Å²) in [6.45, 7) is 6.60. The SMILES string of the molecule is CC[C@H](NC(=O)N1Cc2cc3c(cc2C[C@H]1C(=O)N[C@@H](Cc1ccc(-c2ccnc(C)c2C)cc1)C(=O)O)OC[C@H](c1ccc(OCc2ccc(Cl)c(Cl)c2)cc1)O3)c1ccccc1. The van der Waals surface area contributed by atoms with Crippen molar-refractivity contribution >= 4 is 41.1 Å². The van der Waals surface area contributed by atoms with Gasteiger partial charge in [0.15, 0.2) is 17.6 Å². The van der Waals surface area contributed by atoms with Crippen molar-refractivity contribution in [2.75, 3.05) is 6.61 Å². The third-order valence-corrected chi connectivity index (χ3v) is 12.7. The Balaban J connectivity index is 0.996. The van der Waals surface area contributed by atoms with Crippen LogP contribution >= 0.6 is 23.2 Å². The number of nitrogens with zero attached hydrogens (tertiary/aromatic N) is 2. The van der Waals surface area contributed by atoms with Gasteiger partial charge in [-0.3, -0.25) is 9.78 Å². The molecule has 1 aromatic heterocycles. The monoisotopic (exact) mass is 898 g/mol. The maximum Gasteiger partial charge on any atom is 0.326 e. The van der Waals surface area contributed by atoms with E-state index < -0.39 is 36.1 Å². The summed E-state index contributed by atoms with van der Waals surface area (Å²) in [5.74, 6) is -0.0429. The van der Waals surface area contributed by atoms with Gasteiger partial charge in [0.2, 0.25) is 5.91 Å². The standard InChI is InChI=1S/C51H48Cl2N4O7/c1-4-43(35-8-6-5-7-9-35)56-51(61)57-27-38-26-47-46(63-29-48(64-47)36-15-17-39(18-16-36)62-28-33-12-19-41(52)42(53)22-33)25-37(38)24-45(57)49(58)55-44(50(59)60)23-32-10-13-34(14-11-32)40-20-21-54-31(3)30(40)2/h5-22,25-26,43-45,48H,4,23-24,27-29H2,1-3H3,(H,55,58)(H,56,61)(H,59,60)/t43-,44-,45-,48+/m0/s1. The molecule has 0 spiro atoms. The Hall–Kier alpha value is -6.56. The fraction of sp³-hybridized carbons (Fsp3) is 0.255. The number of aromatic nitrogens is 1. The fourth-order valence-electron chi connectivity index (χ4n) is 8.15. The highest BCUT2D eigenvalue weighted by molar-refractivity contribution is 6.42. The summed E-state index contributed by atoms with van der Waals surface area (Å²) >= 11 is 12.2. The fourth-order valence-corrected chi connectivity index (χ4v) is 8.47. The minimum atomic E-state index is -1.25. The second kappa shape index (κ2) is 19.5. The molecule has 0 bridgehead atoms. The number of carbonyl (C=O) groups excluding carboxylic acids is 2. The molecule has 328 valence electrons. The molecule has 8 rings (SSSR count). The number of urea groups is 1. The minimum absolute atomic E-state index is 0.0471. The van der Waals surface area contributed by atoms with Gasteiger partial charge in [-0.05, 0) is 113 Å². The molecule has 0 saturated heterocycles. The van der Waals surface area contributed by atoms with Gasteiger partial charge in [-0.15, -0.1) is 0 Å². The van der Waals surface area contributed by atoms with Crippen LogP contribution in [0, 0.1) is 13.8 Å². The van der Waals surface area contributed by atoms with Gasteiger partial charge in [-0.2, -0.15) is 0 Å². The summed E-state index contributed by atoms with van der Waals surface area (Å²) < 4.78 is 18.7. The van der Waals surface area contributed by atoms with Crippen molar-refractivity contribution in [2.24, 2.45) is 0 Å². The molecule has 5 aromatic carbocycles. The Bertz CT molecular complexity index is 2660. The van der Waals surface area contributed by atoms with Gasteiger partial charge < -0.3 is 34.9 Å². The lowest BCUT2D eigenvalue weighted by atomic mass is 9.92. The van der Waals surface area contributed by atoms with Gasteiger partial charge in [0.05, 0.1) is 16.1 Å². The molecule has 3 heterocycles. The highest BCUT2D eigenvalue weighted by Crippen LogP contribution is 2.41. The molecule has 3 amide bonds. The van der Waals surface area contributed by atoms with Gasteiger partial charge in [0.25, 0.3) is 0 Å². The van der Waals surface area contributed by atoms with Gasteiger partial charge in [-0.1, -0.05) is 103 Å². The van der Waals surface area contributed by atoms with Crippen LogP contribution in [0.1, 0.15) is 70.1 Å². The van der Waals surface area contributed by atoms with Crippen molar-refractivity contribution in [3.8, 4) is 28.4 Å². The van der Waals surface area contributed by atoms with Crippen LogP contribution in [0.15, 0.2) is 121 Å². The molecule has 13 heteroatoms. The number of halogens is 2. The number of carboxylic acid groups (broad SMARTS) is 1. The third-order valence-electron chi connectivity index (χ3n) is 11.9. The number of ether oxygens (including phenoxy) is 3. The maximum absolute atomic E-state index is 14.3. The molecule has 0 radical (unpaired) electrons. The molecular formula is C51H48Cl2N4O7. The molecule has 0 aliphatic carbocycles. The predicted molar refractivity (Wildman–Crippen MR) is 246 cm³/mol. The van der Waals surface area contributed by atoms with E-state index in [0.29, 0.717) is 40.3 Å². The number of nitrogens with one attached hydrogen (secondary N) is 2. The van der Waals surface area contributed by atoms with Crippen LogP contribution in [-0.2, 0) is 35.6 Å². The lowest BCUT2D eigenvalue weighted by Crippen LogP contribution is -2.58.